The zero-order valence-electron chi connectivity index (χ0n) is 20.7. The van der Waals surface area contributed by atoms with Crippen molar-refractivity contribution in [2.45, 2.75) is 37.9 Å². The molecule has 8 nitrogen and oxygen atoms in total. The minimum Gasteiger partial charge on any atom is -0.490 e. The molecule has 8 heteroatoms. The average Bonchev–Trinajstić information content (AvgIpc) is 3.60. The number of benzene rings is 4. The topological polar surface area (TPSA) is 79.9 Å². The lowest BCUT2D eigenvalue weighted by Gasteiger charge is -2.29. The molecule has 38 heavy (non-hydrogen) atoms. The highest BCUT2D eigenvalue weighted by Gasteiger charge is 2.24. The monoisotopic (exact) mass is 502 g/mol. The number of ether oxygens (including phenoxy) is 2. The van der Waals surface area contributed by atoms with Crippen LogP contribution in [0.4, 0.5) is 0 Å². The third-order valence-electron chi connectivity index (χ3n) is 6.94. The van der Waals surface area contributed by atoms with Crippen LogP contribution in [0.1, 0.15) is 25.7 Å². The van der Waals surface area contributed by atoms with E-state index in [9.17, 15) is 0 Å². The first-order valence-corrected chi connectivity index (χ1v) is 13.0. The van der Waals surface area contributed by atoms with Crippen LogP contribution in [-0.2, 0) is 0 Å². The maximum absolute atomic E-state index is 6.27. The molecule has 6 aromatic rings. The van der Waals surface area contributed by atoms with Crippen LogP contribution in [-0.4, -0.2) is 42.2 Å². The SMILES string of the molecule is c1ccc2nn(-c3ccc(OC4CCC(Oc5ccc(-n6nc7ccccc7n6)cc5)CC4)cc3)nc2c1. The van der Waals surface area contributed by atoms with Crippen molar-refractivity contribution in [2.75, 3.05) is 0 Å². The molecule has 0 atom stereocenters. The molecule has 4 aromatic carbocycles. The Balaban J connectivity index is 0.926. The lowest BCUT2D eigenvalue weighted by molar-refractivity contribution is 0.0806. The van der Waals surface area contributed by atoms with Crippen LogP contribution >= 0.6 is 0 Å². The number of rotatable bonds is 6. The fraction of sp³-hybridized carbons (Fsp3) is 0.200. The summed E-state index contributed by atoms with van der Waals surface area (Å²) in [5.74, 6) is 1.73. The van der Waals surface area contributed by atoms with Gasteiger partial charge in [0, 0.05) is 0 Å². The lowest BCUT2D eigenvalue weighted by Crippen LogP contribution is -2.30. The second kappa shape index (κ2) is 9.63. The maximum Gasteiger partial charge on any atom is 0.119 e. The summed E-state index contributed by atoms with van der Waals surface area (Å²) >= 11 is 0. The summed E-state index contributed by atoms with van der Waals surface area (Å²) in [7, 11) is 0. The summed E-state index contributed by atoms with van der Waals surface area (Å²) in [5.41, 5.74) is 5.34. The number of fused-ring (bicyclic) bond motifs is 2. The van der Waals surface area contributed by atoms with E-state index in [1.165, 1.54) is 0 Å². The van der Waals surface area contributed by atoms with Crippen molar-refractivity contribution in [1.29, 1.82) is 0 Å². The molecule has 1 aliphatic carbocycles. The molecule has 0 radical (unpaired) electrons. The van der Waals surface area contributed by atoms with Gasteiger partial charge in [-0.2, -0.15) is 9.59 Å². The van der Waals surface area contributed by atoms with Gasteiger partial charge in [-0.1, -0.05) is 24.3 Å². The van der Waals surface area contributed by atoms with Crippen molar-refractivity contribution >= 4 is 22.1 Å². The Labute approximate surface area is 219 Å². The van der Waals surface area contributed by atoms with Gasteiger partial charge in [-0.15, -0.1) is 20.4 Å². The van der Waals surface area contributed by atoms with Crippen LogP contribution in [0.25, 0.3) is 33.4 Å². The number of hydrogen-bond acceptors (Lipinski definition) is 6. The molecule has 1 saturated carbocycles. The van der Waals surface area contributed by atoms with Crippen LogP contribution in [0, 0.1) is 0 Å². The molecular formula is C30H26N6O2. The summed E-state index contributed by atoms with van der Waals surface area (Å²) in [6.45, 7) is 0. The van der Waals surface area contributed by atoms with E-state index < -0.39 is 0 Å². The average molecular weight is 503 g/mol. The molecule has 2 aromatic heterocycles. The summed E-state index contributed by atoms with van der Waals surface area (Å²) in [6, 6.07) is 31.7. The van der Waals surface area contributed by atoms with Crippen LogP contribution in [0.15, 0.2) is 97.1 Å². The molecule has 2 heterocycles. The van der Waals surface area contributed by atoms with Gasteiger partial charge in [0.2, 0.25) is 0 Å². The summed E-state index contributed by atoms with van der Waals surface area (Å²) in [4.78, 5) is 3.33. The maximum atomic E-state index is 6.27. The van der Waals surface area contributed by atoms with Crippen molar-refractivity contribution < 1.29 is 9.47 Å². The number of nitrogens with zero attached hydrogens (tertiary/aromatic N) is 6. The summed E-state index contributed by atoms with van der Waals surface area (Å²) in [6.07, 6.45) is 4.21. The van der Waals surface area contributed by atoms with Crippen molar-refractivity contribution in [1.82, 2.24) is 30.0 Å². The van der Waals surface area contributed by atoms with Gasteiger partial charge in [0.15, 0.2) is 0 Å². The molecule has 7 rings (SSSR count). The standard InChI is InChI=1S/C30H26N6O2/c1-2-6-28-27(5-1)31-35(32-28)21-9-13-23(14-10-21)37-25-17-19-26(20-18-25)38-24-15-11-22(12-16-24)36-33-29-7-3-4-8-30(29)34-36/h1-16,25-26H,17-20H2. The lowest BCUT2D eigenvalue weighted by atomic mass is 9.95. The molecule has 0 saturated heterocycles. The molecule has 0 amide bonds. The van der Waals surface area contributed by atoms with Crippen molar-refractivity contribution in [2.24, 2.45) is 0 Å². The second-order valence-corrected chi connectivity index (χ2v) is 9.58. The van der Waals surface area contributed by atoms with E-state index in [2.05, 4.69) is 20.4 Å². The van der Waals surface area contributed by atoms with Crippen molar-refractivity contribution in [3.63, 3.8) is 0 Å². The van der Waals surface area contributed by atoms with Gasteiger partial charge in [-0.3, -0.25) is 0 Å². The minimum atomic E-state index is 0.188. The van der Waals surface area contributed by atoms with Gasteiger partial charge in [0.05, 0.1) is 23.6 Å². The fourth-order valence-electron chi connectivity index (χ4n) is 4.92. The van der Waals surface area contributed by atoms with Gasteiger partial charge in [0.1, 0.15) is 33.6 Å². The summed E-state index contributed by atoms with van der Waals surface area (Å²) in [5, 5.41) is 18.2. The quantitative estimate of drug-likeness (QED) is 0.281. The van der Waals surface area contributed by atoms with Gasteiger partial charge < -0.3 is 9.47 Å². The predicted octanol–water partition coefficient (Wildman–Crippen LogP) is 5.92. The van der Waals surface area contributed by atoms with E-state index in [1.54, 1.807) is 9.59 Å². The molecule has 1 fully saturated rings. The van der Waals surface area contributed by atoms with Crippen LogP contribution in [0.5, 0.6) is 11.5 Å². The summed E-state index contributed by atoms with van der Waals surface area (Å²) < 4.78 is 12.5. The molecule has 1 aliphatic rings. The Morgan fingerprint density at radius 3 is 1.08 bits per heavy atom. The Morgan fingerprint density at radius 2 is 0.763 bits per heavy atom. The highest BCUT2D eigenvalue weighted by Crippen LogP contribution is 2.28. The van der Waals surface area contributed by atoms with Gasteiger partial charge >= 0.3 is 0 Å². The molecule has 0 spiro atoms. The normalized spacial score (nSPS) is 17.6. The van der Waals surface area contributed by atoms with E-state index in [-0.39, 0.29) is 12.2 Å². The third-order valence-corrected chi connectivity index (χ3v) is 6.94. The van der Waals surface area contributed by atoms with E-state index in [0.717, 1.165) is 70.6 Å². The molecule has 0 aliphatic heterocycles. The van der Waals surface area contributed by atoms with Gasteiger partial charge in [0.25, 0.3) is 0 Å². The minimum absolute atomic E-state index is 0.188. The van der Waals surface area contributed by atoms with E-state index >= 15 is 0 Å². The first kappa shape index (κ1) is 22.5. The van der Waals surface area contributed by atoms with Crippen molar-refractivity contribution in [3.05, 3.63) is 97.1 Å². The largest absolute Gasteiger partial charge is 0.490 e. The zero-order valence-corrected chi connectivity index (χ0v) is 20.7. The van der Waals surface area contributed by atoms with E-state index in [4.69, 9.17) is 9.47 Å². The predicted molar refractivity (Wildman–Crippen MR) is 145 cm³/mol. The first-order chi connectivity index (χ1) is 18.8. The fourth-order valence-corrected chi connectivity index (χ4v) is 4.92. The molecule has 0 bridgehead atoms. The van der Waals surface area contributed by atoms with Crippen LogP contribution in [0.2, 0.25) is 0 Å². The van der Waals surface area contributed by atoms with Gasteiger partial charge in [-0.25, -0.2) is 0 Å². The van der Waals surface area contributed by atoms with Crippen molar-refractivity contribution in [3.8, 4) is 22.9 Å². The Kier molecular flexibility index (Phi) is 5.69. The Hall–Kier alpha value is -4.72. The number of aromatic nitrogens is 6. The third kappa shape index (κ3) is 4.56. The highest BCUT2D eigenvalue weighted by molar-refractivity contribution is 5.74. The highest BCUT2D eigenvalue weighted by atomic mass is 16.5. The molecule has 0 N–H and O–H groups in total. The first-order valence-electron chi connectivity index (χ1n) is 13.0. The Bertz CT molecular complexity index is 1490. The van der Waals surface area contributed by atoms with E-state index in [1.807, 2.05) is 97.1 Å². The zero-order chi connectivity index (χ0) is 25.3. The molecule has 0 unspecified atom stereocenters. The van der Waals surface area contributed by atoms with Gasteiger partial charge in [-0.05, 0) is 98.5 Å². The second-order valence-electron chi connectivity index (χ2n) is 9.58. The van der Waals surface area contributed by atoms with E-state index in [0.29, 0.717) is 0 Å². The number of hydrogen-bond donors (Lipinski definition) is 0. The van der Waals surface area contributed by atoms with Crippen LogP contribution < -0.4 is 9.47 Å². The van der Waals surface area contributed by atoms with Crippen LogP contribution in [0.3, 0.4) is 0 Å². The Morgan fingerprint density at radius 1 is 0.447 bits per heavy atom. The molecular weight excluding hydrogens is 476 g/mol. The molecule has 188 valence electrons. The smallest absolute Gasteiger partial charge is 0.119 e.